The molecule has 0 saturated heterocycles. The molecule has 7 heteroatoms. The van der Waals surface area contributed by atoms with E-state index in [1.807, 2.05) is 35.8 Å². The fourth-order valence-electron chi connectivity index (χ4n) is 3.34. The molecular formula is C19H26N4O2S. The summed E-state index contributed by atoms with van der Waals surface area (Å²) in [4.78, 5) is 12.6. The van der Waals surface area contributed by atoms with Crippen molar-refractivity contribution in [1.29, 1.82) is 0 Å². The predicted molar refractivity (Wildman–Crippen MR) is 103 cm³/mol. The molecule has 1 fully saturated rings. The van der Waals surface area contributed by atoms with Crippen molar-refractivity contribution in [3.05, 3.63) is 30.6 Å². The van der Waals surface area contributed by atoms with Crippen molar-refractivity contribution in [3.63, 3.8) is 0 Å². The summed E-state index contributed by atoms with van der Waals surface area (Å²) < 4.78 is 7.28. The first-order valence-electron chi connectivity index (χ1n) is 9.10. The van der Waals surface area contributed by atoms with Crippen LogP contribution in [0.5, 0.6) is 5.75 Å². The number of ether oxygens (including phenoxy) is 1. The van der Waals surface area contributed by atoms with Crippen LogP contribution in [0, 0.1) is 5.92 Å². The van der Waals surface area contributed by atoms with Crippen LogP contribution in [0.4, 0.5) is 0 Å². The SMILES string of the molecule is COc1ccccc1-n1cnnc1SC(C)C(=O)NC1CCCCC1C. The second-order valence-corrected chi connectivity index (χ2v) is 8.10. The molecule has 1 N–H and O–H groups in total. The summed E-state index contributed by atoms with van der Waals surface area (Å²) in [7, 11) is 1.64. The molecule has 1 aliphatic carbocycles. The average molecular weight is 375 g/mol. The van der Waals surface area contributed by atoms with Crippen LogP contribution >= 0.6 is 11.8 Å². The van der Waals surface area contributed by atoms with Gasteiger partial charge in [0, 0.05) is 6.04 Å². The molecule has 1 aliphatic rings. The smallest absolute Gasteiger partial charge is 0.233 e. The Morgan fingerprint density at radius 3 is 2.88 bits per heavy atom. The topological polar surface area (TPSA) is 69.0 Å². The van der Waals surface area contributed by atoms with Gasteiger partial charge in [0.25, 0.3) is 0 Å². The van der Waals surface area contributed by atoms with E-state index in [4.69, 9.17) is 4.74 Å². The van der Waals surface area contributed by atoms with Gasteiger partial charge in [0.1, 0.15) is 12.1 Å². The molecule has 3 atom stereocenters. The third-order valence-corrected chi connectivity index (χ3v) is 6.01. The Hall–Kier alpha value is -2.02. The number of amides is 1. The zero-order valence-electron chi connectivity index (χ0n) is 15.5. The van der Waals surface area contributed by atoms with E-state index in [0.29, 0.717) is 11.1 Å². The minimum Gasteiger partial charge on any atom is -0.495 e. The number of carbonyl (C=O) groups excluding carboxylic acids is 1. The van der Waals surface area contributed by atoms with Crippen molar-refractivity contribution in [3.8, 4) is 11.4 Å². The van der Waals surface area contributed by atoms with Gasteiger partial charge in [0.15, 0.2) is 5.16 Å². The van der Waals surface area contributed by atoms with Crippen LogP contribution in [0.25, 0.3) is 5.69 Å². The molecule has 3 rings (SSSR count). The molecule has 6 nitrogen and oxygen atoms in total. The number of hydrogen-bond donors (Lipinski definition) is 1. The molecule has 140 valence electrons. The number of methoxy groups -OCH3 is 1. The molecule has 1 saturated carbocycles. The van der Waals surface area contributed by atoms with E-state index in [-0.39, 0.29) is 17.2 Å². The second kappa shape index (κ2) is 8.58. The minimum absolute atomic E-state index is 0.0586. The third-order valence-electron chi connectivity index (χ3n) is 4.95. The van der Waals surface area contributed by atoms with Gasteiger partial charge in [-0.25, -0.2) is 0 Å². The van der Waals surface area contributed by atoms with E-state index >= 15 is 0 Å². The van der Waals surface area contributed by atoms with Crippen LogP contribution in [-0.4, -0.2) is 39.1 Å². The highest BCUT2D eigenvalue weighted by Crippen LogP contribution is 2.29. The van der Waals surface area contributed by atoms with E-state index in [1.165, 1.54) is 31.0 Å². The molecule has 0 radical (unpaired) electrons. The van der Waals surface area contributed by atoms with Crippen LogP contribution < -0.4 is 10.1 Å². The first-order chi connectivity index (χ1) is 12.6. The Kier molecular flexibility index (Phi) is 6.19. The first-order valence-corrected chi connectivity index (χ1v) is 9.98. The molecule has 3 unspecified atom stereocenters. The predicted octanol–water partition coefficient (Wildman–Crippen LogP) is 3.45. The highest BCUT2D eigenvalue weighted by Gasteiger charge is 2.26. The molecule has 26 heavy (non-hydrogen) atoms. The summed E-state index contributed by atoms with van der Waals surface area (Å²) in [5, 5.41) is 11.9. The van der Waals surface area contributed by atoms with Gasteiger partial charge in [0.2, 0.25) is 5.91 Å². The fraction of sp³-hybridized carbons (Fsp3) is 0.526. The molecule has 1 aromatic carbocycles. The van der Waals surface area contributed by atoms with Gasteiger partial charge >= 0.3 is 0 Å². The lowest BCUT2D eigenvalue weighted by Gasteiger charge is -2.30. The van der Waals surface area contributed by atoms with Gasteiger partial charge in [-0.1, -0.05) is 43.7 Å². The Balaban J connectivity index is 1.69. The summed E-state index contributed by atoms with van der Waals surface area (Å²) in [6.07, 6.45) is 6.36. The third kappa shape index (κ3) is 4.20. The van der Waals surface area contributed by atoms with Crippen molar-refractivity contribution in [1.82, 2.24) is 20.1 Å². The zero-order valence-corrected chi connectivity index (χ0v) is 16.3. The van der Waals surface area contributed by atoms with E-state index < -0.39 is 0 Å². The van der Waals surface area contributed by atoms with Crippen LogP contribution in [0.1, 0.15) is 39.5 Å². The molecule has 0 aliphatic heterocycles. The summed E-state index contributed by atoms with van der Waals surface area (Å²) >= 11 is 1.41. The molecule has 1 aromatic heterocycles. The second-order valence-electron chi connectivity index (χ2n) is 6.79. The van der Waals surface area contributed by atoms with Crippen molar-refractivity contribution >= 4 is 17.7 Å². The average Bonchev–Trinajstić information content (AvgIpc) is 3.11. The molecule has 0 spiro atoms. The summed E-state index contributed by atoms with van der Waals surface area (Å²) in [5.41, 5.74) is 0.857. The van der Waals surface area contributed by atoms with E-state index in [1.54, 1.807) is 13.4 Å². The largest absolute Gasteiger partial charge is 0.495 e. The maximum atomic E-state index is 12.6. The number of para-hydroxylation sites is 2. The van der Waals surface area contributed by atoms with Gasteiger partial charge in [-0.05, 0) is 37.8 Å². The highest BCUT2D eigenvalue weighted by molar-refractivity contribution is 8.00. The lowest BCUT2D eigenvalue weighted by atomic mass is 9.86. The quantitative estimate of drug-likeness (QED) is 0.784. The fourth-order valence-corrected chi connectivity index (χ4v) is 4.19. The number of aromatic nitrogens is 3. The normalized spacial score (nSPS) is 21.2. The Labute approximate surface area is 158 Å². The van der Waals surface area contributed by atoms with Gasteiger partial charge < -0.3 is 10.1 Å². The number of thioether (sulfide) groups is 1. The summed E-state index contributed by atoms with van der Waals surface area (Å²) in [5.74, 6) is 1.34. The first kappa shape index (κ1) is 18.8. The number of benzene rings is 1. The van der Waals surface area contributed by atoms with Gasteiger partial charge in [-0.15, -0.1) is 10.2 Å². The van der Waals surface area contributed by atoms with Crippen molar-refractivity contribution in [2.24, 2.45) is 5.92 Å². The van der Waals surface area contributed by atoms with Crippen LogP contribution in [0.3, 0.4) is 0 Å². The van der Waals surface area contributed by atoms with E-state index in [9.17, 15) is 4.79 Å². The van der Waals surface area contributed by atoms with Crippen molar-refractivity contribution in [2.75, 3.05) is 7.11 Å². The zero-order chi connectivity index (χ0) is 18.5. The Morgan fingerprint density at radius 2 is 2.12 bits per heavy atom. The number of hydrogen-bond acceptors (Lipinski definition) is 5. The lowest BCUT2D eigenvalue weighted by molar-refractivity contribution is -0.121. The van der Waals surface area contributed by atoms with Gasteiger partial charge in [-0.3, -0.25) is 9.36 Å². The molecule has 2 aromatic rings. The number of nitrogens with one attached hydrogen (secondary N) is 1. The van der Waals surface area contributed by atoms with Crippen LogP contribution in [-0.2, 0) is 4.79 Å². The van der Waals surface area contributed by atoms with Gasteiger partial charge in [-0.2, -0.15) is 0 Å². The van der Waals surface area contributed by atoms with Gasteiger partial charge in [0.05, 0.1) is 18.0 Å². The summed E-state index contributed by atoms with van der Waals surface area (Å²) in [6.45, 7) is 4.13. The lowest BCUT2D eigenvalue weighted by Crippen LogP contribution is -2.44. The van der Waals surface area contributed by atoms with Crippen molar-refractivity contribution < 1.29 is 9.53 Å². The monoisotopic (exact) mass is 374 g/mol. The van der Waals surface area contributed by atoms with Crippen LogP contribution in [0.15, 0.2) is 35.7 Å². The maximum absolute atomic E-state index is 12.6. The van der Waals surface area contributed by atoms with E-state index in [0.717, 1.165) is 17.9 Å². The number of carbonyl (C=O) groups is 1. The molecule has 0 bridgehead atoms. The number of rotatable bonds is 6. The molecular weight excluding hydrogens is 348 g/mol. The Bertz CT molecular complexity index is 749. The Morgan fingerprint density at radius 1 is 1.35 bits per heavy atom. The highest BCUT2D eigenvalue weighted by atomic mass is 32.2. The van der Waals surface area contributed by atoms with Crippen LogP contribution in [0.2, 0.25) is 0 Å². The van der Waals surface area contributed by atoms with E-state index in [2.05, 4.69) is 22.4 Å². The number of nitrogens with zero attached hydrogens (tertiary/aromatic N) is 3. The standard InChI is InChI=1S/C19H26N4O2S/c1-13-8-4-5-9-15(13)21-18(24)14(2)26-19-22-20-12-23(19)16-10-6-7-11-17(16)25-3/h6-7,10-15H,4-5,8-9H2,1-3H3,(H,21,24). The minimum atomic E-state index is -0.248. The molecule has 1 heterocycles. The molecule has 1 amide bonds. The maximum Gasteiger partial charge on any atom is 0.233 e. The summed E-state index contributed by atoms with van der Waals surface area (Å²) in [6, 6.07) is 7.98. The van der Waals surface area contributed by atoms with Crippen molar-refractivity contribution in [2.45, 2.75) is 56.0 Å².